The van der Waals surface area contributed by atoms with Crippen LogP contribution in [0.15, 0.2) is 12.1 Å². The number of esters is 1. The number of carbonyl (C=O) groups excluding carboxylic acids is 1. The predicted molar refractivity (Wildman–Crippen MR) is 87.0 cm³/mol. The molecule has 0 aromatic heterocycles. The lowest BCUT2D eigenvalue weighted by atomic mass is 9.81. The maximum Gasteiger partial charge on any atom is 0.331 e. The van der Waals surface area contributed by atoms with E-state index in [9.17, 15) is 4.79 Å². The molecule has 0 saturated heterocycles. The lowest BCUT2D eigenvalue weighted by Crippen LogP contribution is -2.48. The average molecular weight is 305 g/mol. The third kappa shape index (κ3) is 2.84. The van der Waals surface area contributed by atoms with Gasteiger partial charge in [-0.05, 0) is 67.3 Å². The van der Waals surface area contributed by atoms with E-state index in [2.05, 4.69) is 13.8 Å². The van der Waals surface area contributed by atoms with E-state index >= 15 is 0 Å². The molecular weight excluding hydrogens is 278 g/mol. The van der Waals surface area contributed by atoms with Gasteiger partial charge in [-0.25, -0.2) is 4.79 Å². The molecule has 1 aliphatic carbocycles. The first-order valence-electron chi connectivity index (χ1n) is 8.01. The molecule has 0 aliphatic heterocycles. The molecule has 1 atom stereocenters. The Balaban J connectivity index is 2.57. The first-order chi connectivity index (χ1) is 10.4. The van der Waals surface area contributed by atoms with Crippen molar-refractivity contribution >= 4 is 5.97 Å². The van der Waals surface area contributed by atoms with E-state index in [1.807, 2.05) is 26.0 Å². The Labute approximate surface area is 133 Å². The monoisotopic (exact) mass is 305 g/mol. The Kier molecular flexibility index (Phi) is 4.81. The summed E-state index contributed by atoms with van der Waals surface area (Å²) < 4.78 is 10.8. The summed E-state index contributed by atoms with van der Waals surface area (Å²) in [6.07, 6.45) is 1.94. The number of aryl methyl sites for hydroxylation is 1. The summed E-state index contributed by atoms with van der Waals surface area (Å²) in [6.45, 7) is 8.35. The number of ether oxygens (including phenoxy) is 2. The number of hydrogen-bond acceptors (Lipinski definition) is 4. The van der Waals surface area contributed by atoms with Crippen molar-refractivity contribution in [2.24, 2.45) is 11.7 Å². The number of methoxy groups -OCH3 is 1. The normalized spacial score (nSPS) is 17.2. The molecule has 0 bridgehead atoms. The third-order valence-corrected chi connectivity index (χ3v) is 4.48. The maximum atomic E-state index is 12.6. The molecule has 1 saturated carbocycles. The van der Waals surface area contributed by atoms with Gasteiger partial charge in [-0.1, -0.05) is 13.8 Å². The Hall–Kier alpha value is -1.55. The van der Waals surface area contributed by atoms with Gasteiger partial charge in [0.1, 0.15) is 11.3 Å². The zero-order chi connectivity index (χ0) is 16.5. The molecule has 2 N–H and O–H groups in total. The largest absolute Gasteiger partial charge is 0.496 e. The lowest BCUT2D eigenvalue weighted by Gasteiger charge is -2.30. The van der Waals surface area contributed by atoms with Gasteiger partial charge >= 0.3 is 5.97 Å². The smallest absolute Gasteiger partial charge is 0.331 e. The van der Waals surface area contributed by atoms with Crippen molar-refractivity contribution in [2.45, 2.75) is 52.0 Å². The Bertz CT molecular complexity index is 564. The third-order valence-electron chi connectivity index (χ3n) is 4.48. The molecule has 1 unspecified atom stereocenters. The molecule has 22 heavy (non-hydrogen) atoms. The van der Waals surface area contributed by atoms with E-state index in [1.165, 1.54) is 0 Å². The molecule has 1 aromatic carbocycles. The molecular formula is C18H27NO3. The summed E-state index contributed by atoms with van der Waals surface area (Å²) in [5, 5.41) is 0. The van der Waals surface area contributed by atoms with Crippen LogP contribution >= 0.6 is 0 Å². The first-order valence-corrected chi connectivity index (χ1v) is 8.01. The van der Waals surface area contributed by atoms with Crippen LogP contribution in [0, 0.1) is 12.8 Å². The van der Waals surface area contributed by atoms with Crippen LogP contribution in [0.4, 0.5) is 0 Å². The van der Waals surface area contributed by atoms with E-state index in [0.717, 1.165) is 35.3 Å². The highest BCUT2D eigenvalue weighted by Crippen LogP contribution is 2.47. The minimum atomic E-state index is -1.05. The van der Waals surface area contributed by atoms with Crippen molar-refractivity contribution in [2.75, 3.05) is 13.7 Å². The fraction of sp³-hybridized carbons (Fsp3) is 0.611. The molecule has 122 valence electrons. The molecule has 0 amide bonds. The van der Waals surface area contributed by atoms with Gasteiger partial charge in [0.05, 0.1) is 13.7 Å². The van der Waals surface area contributed by atoms with Crippen molar-refractivity contribution in [1.82, 2.24) is 0 Å². The summed E-state index contributed by atoms with van der Waals surface area (Å²) in [5.41, 5.74) is 8.48. The van der Waals surface area contributed by atoms with Gasteiger partial charge in [0, 0.05) is 0 Å². The summed E-state index contributed by atoms with van der Waals surface area (Å²) in [5.74, 6) is 0.984. The maximum absolute atomic E-state index is 12.6. The van der Waals surface area contributed by atoms with Crippen molar-refractivity contribution in [3.05, 3.63) is 28.8 Å². The van der Waals surface area contributed by atoms with Gasteiger partial charge < -0.3 is 15.2 Å². The van der Waals surface area contributed by atoms with Gasteiger partial charge in [-0.15, -0.1) is 0 Å². The van der Waals surface area contributed by atoms with Crippen LogP contribution in [-0.2, 0) is 15.1 Å². The highest BCUT2D eigenvalue weighted by Gasteiger charge is 2.51. The van der Waals surface area contributed by atoms with Crippen molar-refractivity contribution < 1.29 is 14.3 Å². The molecule has 0 radical (unpaired) electrons. The SMILES string of the molecule is CCOC(=O)C(N)(c1cc(C(C)C)c(OC)cc1C)C1CC1. The standard InChI is InChI=1S/C18H27NO3/c1-6-22-17(20)18(19,13-7-8-13)15-10-14(11(2)3)16(21-5)9-12(15)4/h9-11,13H,6-8,19H2,1-5H3. The molecule has 4 nitrogen and oxygen atoms in total. The molecule has 2 rings (SSSR count). The van der Waals surface area contributed by atoms with Crippen molar-refractivity contribution in [3.8, 4) is 5.75 Å². The second-order valence-electron chi connectivity index (χ2n) is 6.43. The fourth-order valence-corrected chi connectivity index (χ4v) is 3.06. The van der Waals surface area contributed by atoms with Gasteiger partial charge in [-0.2, -0.15) is 0 Å². The molecule has 1 aliphatic rings. The topological polar surface area (TPSA) is 61.5 Å². The van der Waals surface area contributed by atoms with Crippen LogP contribution < -0.4 is 10.5 Å². The molecule has 0 heterocycles. The number of rotatable bonds is 6. The predicted octanol–water partition coefficient (Wildman–Crippen LogP) is 3.25. The van der Waals surface area contributed by atoms with Gasteiger partial charge in [0.2, 0.25) is 0 Å². The number of benzene rings is 1. The summed E-state index contributed by atoms with van der Waals surface area (Å²) in [6, 6.07) is 4.02. The second-order valence-corrected chi connectivity index (χ2v) is 6.43. The number of nitrogens with two attached hydrogens (primary N) is 1. The first kappa shape index (κ1) is 16.8. The number of hydrogen-bond donors (Lipinski definition) is 1. The van der Waals surface area contributed by atoms with Crippen LogP contribution in [0.1, 0.15) is 56.2 Å². The van der Waals surface area contributed by atoms with Crippen LogP contribution in [0.5, 0.6) is 5.75 Å². The Morgan fingerprint density at radius 2 is 2.05 bits per heavy atom. The van der Waals surface area contributed by atoms with Crippen molar-refractivity contribution in [3.63, 3.8) is 0 Å². The van der Waals surface area contributed by atoms with Gasteiger partial charge in [-0.3, -0.25) is 0 Å². The van der Waals surface area contributed by atoms with Crippen LogP contribution in [-0.4, -0.2) is 19.7 Å². The van der Waals surface area contributed by atoms with Crippen molar-refractivity contribution in [1.29, 1.82) is 0 Å². The van der Waals surface area contributed by atoms with E-state index < -0.39 is 5.54 Å². The Morgan fingerprint density at radius 3 is 2.50 bits per heavy atom. The molecule has 4 heteroatoms. The van der Waals surface area contributed by atoms with E-state index in [4.69, 9.17) is 15.2 Å². The highest BCUT2D eigenvalue weighted by molar-refractivity contribution is 5.84. The van der Waals surface area contributed by atoms with E-state index in [-0.39, 0.29) is 11.9 Å². The fourth-order valence-electron chi connectivity index (χ4n) is 3.06. The minimum absolute atomic E-state index is 0.165. The molecule has 0 spiro atoms. The van der Waals surface area contributed by atoms with Gasteiger partial charge in [0.15, 0.2) is 0 Å². The zero-order valence-electron chi connectivity index (χ0n) is 14.2. The Morgan fingerprint density at radius 1 is 1.41 bits per heavy atom. The number of carbonyl (C=O) groups is 1. The quantitative estimate of drug-likeness (QED) is 0.820. The molecule has 1 aromatic rings. The zero-order valence-corrected chi connectivity index (χ0v) is 14.2. The summed E-state index contributed by atoms with van der Waals surface area (Å²) in [7, 11) is 1.67. The van der Waals surface area contributed by atoms with Crippen LogP contribution in [0.2, 0.25) is 0 Å². The van der Waals surface area contributed by atoms with Crippen LogP contribution in [0.3, 0.4) is 0 Å². The molecule has 1 fully saturated rings. The minimum Gasteiger partial charge on any atom is -0.496 e. The van der Waals surface area contributed by atoms with E-state index in [0.29, 0.717) is 12.5 Å². The summed E-state index contributed by atoms with van der Waals surface area (Å²) >= 11 is 0. The second kappa shape index (κ2) is 6.29. The lowest BCUT2D eigenvalue weighted by molar-refractivity contribution is -0.151. The summed E-state index contributed by atoms with van der Waals surface area (Å²) in [4.78, 5) is 12.6. The average Bonchev–Trinajstić information content (AvgIpc) is 3.30. The van der Waals surface area contributed by atoms with Gasteiger partial charge in [0.25, 0.3) is 0 Å². The van der Waals surface area contributed by atoms with E-state index in [1.54, 1.807) is 7.11 Å². The highest BCUT2D eigenvalue weighted by atomic mass is 16.5. The van der Waals surface area contributed by atoms with Crippen LogP contribution in [0.25, 0.3) is 0 Å².